The number of aryl methyl sites for hydroxylation is 1. The molecule has 1 N–H and O–H groups in total. The van der Waals surface area contributed by atoms with Gasteiger partial charge >= 0.3 is 0 Å². The van der Waals surface area contributed by atoms with Crippen LogP contribution in [0.3, 0.4) is 0 Å². The molecule has 0 atom stereocenters. The van der Waals surface area contributed by atoms with Crippen LogP contribution in [0.25, 0.3) is 0 Å². The summed E-state index contributed by atoms with van der Waals surface area (Å²) >= 11 is 1.41. The van der Waals surface area contributed by atoms with Crippen LogP contribution in [-0.2, 0) is 9.53 Å². The monoisotopic (exact) mass is 186 g/mol. The molecule has 1 rings (SSSR count). The smallest absolute Gasteiger partial charge is 0.252 e. The molecule has 0 saturated heterocycles. The van der Waals surface area contributed by atoms with E-state index in [1.54, 1.807) is 0 Å². The van der Waals surface area contributed by atoms with Crippen molar-refractivity contribution in [3.63, 3.8) is 0 Å². The zero-order valence-corrected chi connectivity index (χ0v) is 7.77. The number of ether oxygens (including phenoxy) is 1. The average Bonchev–Trinajstić information content (AvgIpc) is 2.36. The molecule has 0 radical (unpaired) electrons. The molecule has 0 aromatic carbocycles. The van der Waals surface area contributed by atoms with Crippen molar-refractivity contribution in [1.82, 2.24) is 4.98 Å². The molecule has 4 nitrogen and oxygen atoms in total. The zero-order valence-electron chi connectivity index (χ0n) is 6.96. The van der Waals surface area contributed by atoms with E-state index in [0.717, 1.165) is 5.69 Å². The Balaban J connectivity index is 2.46. The van der Waals surface area contributed by atoms with E-state index in [2.05, 4.69) is 15.0 Å². The number of nitrogens with one attached hydrogen (secondary N) is 1. The molecule has 0 bridgehead atoms. The van der Waals surface area contributed by atoms with Gasteiger partial charge in [0.2, 0.25) is 0 Å². The second kappa shape index (κ2) is 4.18. The first kappa shape index (κ1) is 9.15. The van der Waals surface area contributed by atoms with Gasteiger partial charge in [-0.2, -0.15) is 0 Å². The summed E-state index contributed by atoms with van der Waals surface area (Å²) in [5, 5.41) is 5.10. The topological polar surface area (TPSA) is 51.2 Å². The third kappa shape index (κ3) is 2.60. The van der Waals surface area contributed by atoms with Crippen LogP contribution in [-0.4, -0.2) is 24.6 Å². The lowest BCUT2D eigenvalue weighted by molar-refractivity contribution is -0.119. The Kier molecular flexibility index (Phi) is 3.19. The molecule has 0 fully saturated rings. The molecule has 0 aliphatic rings. The number of aromatic nitrogens is 1. The SMILES string of the molecule is COCC(=O)Nc1nc(C)cs1. The third-order valence-corrected chi connectivity index (χ3v) is 2.02. The van der Waals surface area contributed by atoms with Crippen LogP contribution in [0.2, 0.25) is 0 Å². The van der Waals surface area contributed by atoms with Crippen molar-refractivity contribution >= 4 is 22.4 Å². The molecule has 12 heavy (non-hydrogen) atoms. The van der Waals surface area contributed by atoms with Crippen molar-refractivity contribution in [2.45, 2.75) is 6.92 Å². The van der Waals surface area contributed by atoms with Gasteiger partial charge in [-0.3, -0.25) is 10.1 Å². The van der Waals surface area contributed by atoms with Crippen molar-refractivity contribution in [2.75, 3.05) is 19.0 Å². The van der Waals surface area contributed by atoms with Crippen LogP contribution in [0.4, 0.5) is 5.13 Å². The van der Waals surface area contributed by atoms with Gasteiger partial charge in [-0.05, 0) is 6.92 Å². The maximum atomic E-state index is 11.0. The molecule has 0 aliphatic carbocycles. The first-order chi connectivity index (χ1) is 5.72. The maximum absolute atomic E-state index is 11.0. The first-order valence-electron chi connectivity index (χ1n) is 3.43. The van der Waals surface area contributed by atoms with Crippen molar-refractivity contribution in [3.05, 3.63) is 11.1 Å². The molecule has 1 heterocycles. The number of carbonyl (C=O) groups is 1. The Labute approximate surface area is 74.6 Å². The molecule has 0 saturated carbocycles. The minimum Gasteiger partial charge on any atom is -0.375 e. The van der Waals surface area contributed by atoms with Crippen LogP contribution < -0.4 is 5.32 Å². The molecule has 1 aromatic rings. The quantitative estimate of drug-likeness (QED) is 0.767. The zero-order chi connectivity index (χ0) is 8.97. The standard InChI is InChI=1S/C7H10N2O2S/c1-5-4-12-7(8-5)9-6(10)3-11-2/h4H,3H2,1-2H3,(H,8,9,10). The number of nitrogens with zero attached hydrogens (tertiary/aromatic N) is 1. The van der Waals surface area contributed by atoms with Gasteiger partial charge in [-0.25, -0.2) is 4.98 Å². The van der Waals surface area contributed by atoms with Gasteiger partial charge < -0.3 is 4.74 Å². The number of hydrogen-bond acceptors (Lipinski definition) is 4. The normalized spacial score (nSPS) is 9.83. The highest BCUT2D eigenvalue weighted by molar-refractivity contribution is 7.13. The van der Waals surface area contributed by atoms with E-state index in [-0.39, 0.29) is 12.5 Å². The average molecular weight is 186 g/mol. The minimum absolute atomic E-state index is 0.0681. The van der Waals surface area contributed by atoms with Crippen LogP contribution in [0.1, 0.15) is 5.69 Å². The summed E-state index contributed by atoms with van der Waals surface area (Å²) in [4.78, 5) is 15.0. The highest BCUT2D eigenvalue weighted by Gasteiger charge is 2.03. The number of anilines is 1. The Bertz CT molecular complexity index is 272. The summed E-state index contributed by atoms with van der Waals surface area (Å²) in [5.74, 6) is -0.174. The Morgan fingerprint density at radius 3 is 3.08 bits per heavy atom. The molecule has 0 spiro atoms. The summed E-state index contributed by atoms with van der Waals surface area (Å²) in [6.07, 6.45) is 0. The highest BCUT2D eigenvalue weighted by atomic mass is 32.1. The largest absolute Gasteiger partial charge is 0.375 e. The van der Waals surface area contributed by atoms with Gasteiger partial charge in [0, 0.05) is 12.5 Å². The van der Waals surface area contributed by atoms with E-state index in [4.69, 9.17) is 0 Å². The van der Waals surface area contributed by atoms with Crippen LogP contribution in [0.5, 0.6) is 0 Å². The summed E-state index contributed by atoms with van der Waals surface area (Å²) in [5.41, 5.74) is 0.910. The van der Waals surface area contributed by atoms with Gasteiger partial charge in [0.05, 0.1) is 5.69 Å². The Morgan fingerprint density at radius 2 is 2.58 bits per heavy atom. The number of amides is 1. The molecular weight excluding hydrogens is 176 g/mol. The molecule has 66 valence electrons. The van der Waals surface area contributed by atoms with Gasteiger partial charge in [0.1, 0.15) is 6.61 Å². The van der Waals surface area contributed by atoms with Gasteiger partial charge in [0.25, 0.3) is 5.91 Å². The Hall–Kier alpha value is -0.940. The van der Waals surface area contributed by atoms with Gasteiger partial charge in [-0.15, -0.1) is 11.3 Å². The number of hydrogen-bond donors (Lipinski definition) is 1. The lowest BCUT2D eigenvalue weighted by Crippen LogP contribution is -2.16. The third-order valence-electron chi connectivity index (χ3n) is 1.14. The number of methoxy groups -OCH3 is 1. The van der Waals surface area contributed by atoms with Crippen molar-refractivity contribution in [3.8, 4) is 0 Å². The summed E-state index contributed by atoms with van der Waals surface area (Å²) in [6.45, 7) is 1.95. The highest BCUT2D eigenvalue weighted by Crippen LogP contribution is 2.13. The van der Waals surface area contributed by atoms with Crippen molar-refractivity contribution < 1.29 is 9.53 Å². The fourth-order valence-electron chi connectivity index (χ4n) is 0.698. The maximum Gasteiger partial charge on any atom is 0.252 e. The molecule has 0 aliphatic heterocycles. The second-order valence-electron chi connectivity index (χ2n) is 2.28. The van der Waals surface area contributed by atoms with Crippen LogP contribution >= 0.6 is 11.3 Å². The fourth-order valence-corrected chi connectivity index (χ4v) is 1.40. The lowest BCUT2D eigenvalue weighted by atomic mass is 10.6. The number of rotatable bonds is 3. The predicted molar refractivity (Wildman–Crippen MR) is 47.4 cm³/mol. The van der Waals surface area contributed by atoms with Crippen LogP contribution in [0.15, 0.2) is 5.38 Å². The molecule has 1 amide bonds. The van der Waals surface area contributed by atoms with Crippen molar-refractivity contribution in [2.24, 2.45) is 0 Å². The van der Waals surface area contributed by atoms with Crippen molar-refractivity contribution in [1.29, 1.82) is 0 Å². The van der Waals surface area contributed by atoms with E-state index in [9.17, 15) is 4.79 Å². The van der Waals surface area contributed by atoms with E-state index < -0.39 is 0 Å². The second-order valence-corrected chi connectivity index (χ2v) is 3.13. The molecule has 5 heteroatoms. The van der Waals surface area contributed by atoms with E-state index in [0.29, 0.717) is 5.13 Å². The molecule has 0 unspecified atom stereocenters. The lowest BCUT2D eigenvalue weighted by Gasteiger charge is -1.98. The number of carbonyl (C=O) groups excluding carboxylic acids is 1. The minimum atomic E-state index is -0.174. The summed E-state index contributed by atoms with van der Waals surface area (Å²) in [7, 11) is 1.48. The Morgan fingerprint density at radius 1 is 1.83 bits per heavy atom. The van der Waals surface area contributed by atoms with E-state index in [1.165, 1.54) is 18.4 Å². The van der Waals surface area contributed by atoms with E-state index in [1.807, 2.05) is 12.3 Å². The van der Waals surface area contributed by atoms with Crippen LogP contribution in [0, 0.1) is 6.92 Å². The van der Waals surface area contributed by atoms with E-state index >= 15 is 0 Å². The fraction of sp³-hybridized carbons (Fsp3) is 0.429. The number of thiazole rings is 1. The predicted octanol–water partition coefficient (Wildman–Crippen LogP) is 1.04. The van der Waals surface area contributed by atoms with Gasteiger partial charge in [0.15, 0.2) is 5.13 Å². The molecule has 1 aromatic heterocycles. The summed E-state index contributed by atoms with van der Waals surface area (Å²) in [6, 6.07) is 0. The molecular formula is C7H10N2O2S. The first-order valence-corrected chi connectivity index (χ1v) is 4.31. The van der Waals surface area contributed by atoms with Gasteiger partial charge in [-0.1, -0.05) is 0 Å². The summed E-state index contributed by atoms with van der Waals surface area (Å²) < 4.78 is 4.65.